The summed E-state index contributed by atoms with van der Waals surface area (Å²) in [5.74, 6) is 1.31. The van der Waals surface area contributed by atoms with E-state index in [1.54, 1.807) is 12.1 Å². The highest BCUT2D eigenvalue weighted by atomic mass is 19.1. The van der Waals surface area contributed by atoms with Gasteiger partial charge in [0.2, 0.25) is 0 Å². The number of anilines is 1. The van der Waals surface area contributed by atoms with Crippen LogP contribution >= 0.6 is 0 Å². The van der Waals surface area contributed by atoms with Crippen molar-refractivity contribution in [2.75, 3.05) is 38.6 Å². The molecule has 0 saturated carbocycles. The Bertz CT molecular complexity index is 1060. The number of fused-ring (bicyclic) bond motifs is 1. The third-order valence-corrected chi connectivity index (χ3v) is 7.09. The minimum absolute atomic E-state index is 0.100. The summed E-state index contributed by atoms with van der Waals surface area (Å²) < 4.78 is 16.5. The molecule has 0 unspecified atom stereocenters. The third-order valence-electron chi connectivity index (χ3n) is 7.09. The zero-order chi connectivity index (χ0) is 22.2. The number of aryl methyl sites for hydroxylation is 1. The lowest BCUT2D eigenvalue weighted by Gasteiger charge is -2.30. The molecule has 1 saturated heterocycles. The van der Waals surface area contributed by atoms with E-state index in [-0.39, 0.29) is 5.82 Å². The quantitative estimate of drug-likeness (QED) is 0.617. The zero-order valence-electron chi connectivity index (χ0n) is 19.1. The molecule has 3 heterocycles. The van der Waals surface area contributed by atoms with Gasteiger partial charge in [0.15, 0.2) is 5.82 Å². The highest BCUT2D eigenvalue weighted by Crippen LogP contribution is 2.33. The van der Waals surface area contributed by atoms with Crippen molar-refractivity contribution in [2.24, 2.45) is 0 Å². The van der Waals surface area contributed by atoms with Crippen LogP contribution in [0.15, 0.2) is 48.8 Å². The normalized spacial score (nSPS) is 21.3. The first-order valence-corrected chi connectivity index (χ1v) is 11.3. The summed E-state index contributed by atoms with van der Waals surface area (Å²) in [4.78, 5) is 7.06. The van der Waals surface area contributed by atoms with E-state index in [1.165, 1.54) is 11.3 Å². The van der Waals surface area contributed by atoms with Crippen molar-refractivity contribution < 1.29 is 4.39 Å². The van der Waals surface area contributed by atoms with Gasteiger partial charge in [-0.05, 0) is 50.3 Å². The van der Waals surface area contributed by atoms with Crippen LogP contribution in [0.1, 0.15) is 28.4 Å². The Morgan fingerprint density at radius 1 is 1.06 bits per heavy atom. The van der Waals surface area contributed by atoms with E-state index >= 15 is 0 Å². The predicted octanol–water partition coefficient (Wildman–Crippen LogP) is 3.28. The number of aromatic nitrogens is 3. The van der Waals surface area contributed by atoms with Gasteiger partial charge in [0.05, 0.1) is 6.54 Å². The van der Waals surface area contributed by atoms with Gasteiger partial charge in [0, 0.05) is 55.9 Å². The predicted molar refractivity (Wildman–Crippen MR) is 124 cm³/mol. The number of rotatable bonds is 5. The summed E-state index contributed by atoms with van der Waals surface area (Å²) in [7, 11) is 4.29. The maximum atomic E-state index is 14.4. The molecule has 2 aliphatic rings. The van der Waals surface area contributed by atoms with E-state index in [9.17, 15) is 4.39 Å². The molecule has 5 rings (SSSR count). The van der Waals surface area contributed by atoms with Crippen LogP contribution in [0.25, 0.3) is 0 Å². The van der Waals surface area contributed by atoms with E-state index in [4.69, 9.17) is 0 Å². The highest BCUT2D eigenvalue weighted by Gasteiger charge is 2.35. The molecular formula is C25H31FN6. The van der Waals surface area contributed by atoms with Crippen LogP contribution in [0.2, 0.25) is 0 Å². The second kappa shape index (κ2) is 8.64. The highest BCUT2D eigenvalue weighted by molar-refractivity contribution is 5.49. The third kappa shape index (κ3) is 4.02. The number of likely N-dealkylation sites (N-methyl/N-ethyl adjacent to an activating group) is 1. The molecule has 0 radical (unpaired) electrons. The first-order valence-electron chi connectivity index (χ1n) is 11.3. The molecule has 1 aromatic heterocycles. The maximum absolute atomic E-state index is 14.4. The summed E-state index contributed by atoms with van der Waals surface area (Å²) in [6.07, 6.45) is 1.81. The molecule has 2 aliphatic heterocycles. The number of halogens is 1. The second-order valence-electron chi connectivity index (χ2n) is 9.32. The second-order valence-corrected chi connectivity index (χ2v) is 9.32. The molecule has 0 N–H and O–H groups in total. The molecule has 0 bridgehead atoms. The summed E-state index contributed by atoms with van der Waals surface area (Å²) in [6.45, 7) is 7.20. The van der Waals surface area contributed by atoms with Gasteiger partial charge in [-0.2, -0.15) is 0 Å². The monoisotopic (exact) mass is 434 g/mol. The van der Waals surface area contributed by atoms with E-state index in [0.717, 1.165) is 49.7 Å². The van der Waals surface area contributed by atoms with Gasteiger partial charge in [-0.1, -0.05) is 24.3 Å². The fourth-order valence-electron chi connectivity index (χ4n) is 5.16. The van der Waals surface area contributed by atoms with Gasteiger partial charge in [0.1, 0.15) is 12.1 Å². The van der Waals surface area contributed by atoms with Crippen LogP contribution in [0.4, 0.5) is 10.1 Å². The van der Waals surface area contributed by atoms with Crippen LogP contribution in [0.5, 0.6) is 0 Å². The van der Waals surface area contributed by atoms with Gasteiger partial charge < -0.3 is 14.4 Å². The average Bonchev–Trinajstić information content (AvgIpc) is 3.43. The minimum atomic E-state index is -0.100. The van der Waals surface area contributed by atoms with E-state index < -0.39 is 0 Å². The summed E-state index contributed by atoms with van der Waals surface area (Å²) in [6, 6.07) is 14.8. The number of likely N-dealkylation sites (tertiary alicyclic amines) is 1. The SMILES string of the molecule is Cc1cccc(F)c1CN1C[C@H](c2ccc(N3CCn4cnnc4C3)cc2)[C@@H](N(C)C)C1. The van der Waals surface area contributed by atoms with Gasteiger partial charge in [-0.3, -0.25) is 4.90 Å². The Labute approximate surface area is 189 Å². The molecule has 168 valence electrons. The average molecular weight is 435 g/mol. The maximum Gasteiger partial charge on any atom is 0.152 e. The first kappa shape index (κ1) is 21.1. The number of benzene rings is 2. The topological polar surface area (TPSA) is 40.4 Å². The van der Waals surface area contributed by atoms with Crippen molar-refractivity contribution in [1.29, 1.82) is 0 Å². The Morgan fingerprint density at radius 3 is 2.62 bits per heavy atom. The van der Waals surface area contributed by atoms with Crippen LogP contribution in [0, 0.1) is 12.7 Å². The van der Waals surface area contributed by atoms with Crippen LogP contribution < -0.4 is 4.90 Å². The van der Waals surface area contributed by atoms with Crippen molar-refractivity contribution in [3.05, 3.63) is 77.1 Å². The van der Waals surface area contributed by atoms with Crippen molar-refractivity contribution in [3.63, 3.8) is 0 Å². The first-order chi connectivity index (χ1) is 15.5. The van der Waals surface area contributed by atoms with Gasteiger partial charge in [-0.25, -0.2) is 4.39 Å². The summed E-state index contributed by atoms with van der Waals surface area (Å²) in [5.41, 5.74) is 4.41. The lowest BCUT2D eigenvalue weighted by atomic mass is 9.93. The van der Waals surface area contributed by atoms with Crippen LogP contribution in [0.3, 0.4) is 0 Å². The van der Waals surface area contributed by atoms with E-state index in [1.807, 2.05) is 19.3 Å². The van der Waals surface area contributed by atoms with Crippen molar-refractivity contribution in [3.8, 4) is 0 Å². The van der Waals surface area contributed by atoms with E-state index in [2.05, 4.69) is 67.8 Å². The van der Waals surface area contributed by atoms with Crippen LogP contribution in [-0.4, -0.2) is 64.3 Å². The molecule has 3 aromatic rings. The number of nitrogens with zero attached hydrogens (tertiary/aromatic N) is 6. The standard InChI is InChI=1S/C25H31FN6/c1-18-5-4-6-23(26)21(18)13-30-14-22(24(15-30)29(2)3)19-7-9-20(10-8-19)31-11-12-32-17-27-28-25(32)16-31/h4-10,17,22,24H,11-16H2,1-3H3/t22-,24+/m1/s1. The van der Waals surface area contributed by atoms with Gasteiger partial charge in [0.25, 0.3) is 0 Å². The van der Waals surface area contributed by atoms with Gasteiger partial charge >= 0.3 is 0 Å². The molecule has 2 aromatic carbocycles. The number of hydrogen-bond acceptors (Lipinski definition) is 5. The Kier molecular flexibility index (Phi) is 5.69. The molecule has 0 amide bonds. The Balaban J connectivity index is 1.32. The zero-order valence-corrected chi connectivity index (χ0v) is 19.1. The molecule has 2 atom stereocenters. The minimum Gasteiger partial charge on any atom is -0.362 e. The largest absolute Gasteiger partial charge is 0.362 e. The summed E-state index contributed by atoms with van der Waals surface area (Å²) in [5, 5.41) is 8.26. The molecular weight excluding hydrogens is 403 g/mol. The smallest absolute Gasteiger partial charge is 0.152 e. The van der Waals surface area contributed by atoms with Crippen LogP contribution in [-0.2, 0) is 19.6 Å². The van der Waals surface area contributed by atoms with Crippen molar-refractivity contribution >= 4 is 5.69 Å². The fourth-order valence-corrected chi connectivity index (χ4v) is 5.16. The Hall–Kier alpha value is -2.77. The number of hydrogen-bond donors (Lipinski definition) is 0. The molecule has 1 fully saturated rings. The Morgan fingerprint density at radius 2 is 1.88 bits per heavy atom. The fraction of sp³-hybridized carbons (Fsp3) is 0.440. The molecule has 7 heteroatoms. The molecule has 6 nitrogen and oxygen atoms in total. The van der Waals surface area contributed by atoms with Crippen molar-refractivity contribution in [1.82, 2.24) is 24.6 Å². The lowest BCUT2D eigenvalue weighted by molar-refractivity contribution is 0.258. The summed E-state index contributed by atoms with van der Waals surface area (Å²) >= 11 is 0. The molecule has 0 aliphatic carbocycles. The van der Waals surface area contributed by atoms with Gasteiger partial charge in [-0.15, -0.1) is 10.2 Å². The van der Waals surface area contributed by atoms with Crippen molar-refractivity contribution in [2.45, 2.75) is 38.5 Å². The lowest BCUT2D eigenvalue weighted by Crippen LogP contribution is -2.34. The molecule has 0 spiro atoms. The molecule has 32 heavy (non-hydrogen) atoms. The van der Waals surface area contributed by atoms with E-state index in [0.29, 0.717) is 18.5 Å².